The molecular weight excluding hydrogens is 842 g/mol. The number of hydrogen-bond acceptors (Lipinski definition) is 7. The van der Waals surface area contributed by atoms with E-state index < -0.39 is 11.7 Å². The molecule has 11 heteroatoms. The Balaban J connectivity index is 1.29. The molecular formula is C56H29F3N8. The number of rotatable bonds is 7. The molecule has 67 heavy (non-hydrogen) atoms. The van der Waals surface area contributed by atoms with Gasteiger partial charge in [-0.2, -0.15) is 34.2 Å². The first kappa shape index (κ1) is 41.3. The van der Waals surface area contributed by atoms with Crippen LogP contribution in [0.4, 0.5) is 13.2 Å². The lowest BCUT2D eigenvalue weighted by molar-refractivity contribution is -0.137. The molecule has 0 saturated carbocycles. The Bertz CT molecular complexity index is 3520. The van der Waals surface area contributed by atoms with Gasteiger partial charge in [-0.15, -0.1) is 0 Å². The van der Waals surface area contributed by atoms with Gasteiger partial charge in [-0.1, -0.05) is 91.0 Å². The molecule has 0 saturated heterocycles. The van der Waals surface area contributed by atoms with Crippen LogP contribution in [0.5, 0.6) is 0 Å². The number of benzene rings is 8. The van der Waals surface area contributed by atoms with Crippen molar-refractivity contribution in [3.05, 3.63) is 204 Å². The molecule has 2 aromatic heterocycles. The summed E-state index contributed by atoms with van der Waals surface area (Å²) in [6, 6.07) is 60.1. The Morgan fingerprint density at radius 2 is 0.776 bits per heavy atom. The van der Waals surface area contributed by atoms with Crippen LogP contribution in [0, 0.1) is 45.3 Å². The average Bonchev–Trinajstić information content (AvgIpc) is 3.71. The molecule has 0 spiro atoms. The molecule has 0 atom stereocenters. The summed E-state index contributed by atoms with van der Waals surface area (Å²) < 4.78 is 43.4. The number of aromatic nitrogens is 4. The van der Waals surface area contributed by atoms with Gasteiger partial charge in [0.25, 0.3) is 0 Å². The van der Waals surface area contributed by atoms with E-state index in [1.54, 1.807) is 24.3 Å². The molecule has 10 aromatic rings. The number of nitrogens with zero attached hydrogens (tertiary/aromatic N) is 8. The van der Waals surface area contributed by atoms with Crippen LogP contribution in [0.15, 0.2) is 176 Å². The van der Waals surface area contributed by atoms with Crippen molar-refractivity contribution >= 4 is 21.8 Å². The topological polar surface area (TPSA) is 139 Å². The average molecular weight is 871 g/mol. The number of alkyl halides is 3. The van der Waals surface area contributed by atoms with Crippen LogP contribution in [0.1, 0.15) is 27.8 Å². The zero-order chi connectivity index (χ0) is 46.2. The lowest BCUT2D eigenvalue weighted by Gasteiger charge is -2.17. The first-order chi connectivity index (χ1) is 32.6. The highest BCUT2D eigenvalue weighted by molar-refractivity contribution is 6.12. The number of halogens is 3. The molecule has 314 valence electrons. The molecule has 0 amide bonds. The SMILES string of the molecule is N#Cc1cc(C#N)cc(-c2ccc3c(c2)c2cc(-c4cc(C#N)cc(C#N)c4)ccc2n3-c2cc(-c3ccc(C(F)(F)F)cc3)ccc2-c2nc(-c3ccccc3)nc(-c3ccccc3)n2)c1. The van der Waals surface area contributed by atoms with Crippen molar-refractivity contribution in [2.24, 2.45) is 0 Å². The molecule has 0 bridgehead atoms. The van der Waals surface area contributed by atoms with Crippen LogP contribution < -0.4 is 0 Å². The maximum atomic E-state index is 13.8. The van der Waals surface area contributed by atoms with Gasteiger partial charge in [-0.05, 0) is 118 Å². The molecule has 0 aliphatic carbocycles. The standard InChI is InChI=1S/C56H29F3N8/c57-56(58,59)46-16-11-38(12-17-46)43-13-18-47(55-65-53(39-7-3-1-4-8-39)64-54(66-55)40-9-5-2-6-10-40)52(29-43)67-50-19-14-41(44-23-34(30-60)21-35(24-44)31-61)27-48(50)49-28-42(15-20-51(49)67)45-25-36(32-62)22-37(26-45)33-63/h1-29H. The molecule has 0 aliphatic heterocycles. The molecule has 0 unspecified atom stereocenters. The van der Waals surface area contributed by atoms with Crippen LogP contribution in [-0.2, 0) is 6.18 Å². The van der Waals surface area contributed by atoms with Crippen LogP contribution in [0.25, 0.3) is 95.0 Å². The van der Waals surface area contributed by atoms with Gasteiger partial charge >= 0.3 is 6.18 Å². The molecule has 0 fully saturated rings. The predicted octanol–water partition coefficient (Wildman–Crippen LogP) is 13.5. The Hall–Kier alpha value is -9.68. The highest BCUT2D eigenvalue weighted by atomic mass is 19.4. The minimum atomic E-state index is -4.52. The van der Waals surface area contributed by atoms with Gasteiger partial charge < -0.3 is 4.57 Å². The zero-order valence-electron chi connectivity index (χ0n) is 35.0. The fraction of sp³-hybridized carbons (Fsp3) is 0.0179. The second-order valence-electron chi connectivity index (χ2n) is 15.7. The minimum Gasteiger partial charge on any atom is -0.308 e. The van der Waals surface area contributed by atoms with Crippen LogP contribution in [0.2, 0.25) is 0 Å². The van der Waals surface area contributed by atoms with Crippen molar-refractivity contribution in [2.45, 2.75) is 6.18 Å². The first-order valence-corrected chi connectivity index (χ1v) is 20.8. The highest BCUT2D eigenvalue weighted by Gasteiger charge is 2.30. The van der Waals surface area contributed by atoms with Crippen LogP contribution in [-0.4, -0.2) is 19.5 Å². The van der Waals surface area contributed by atoms with Gasteiger partial charge in [-0.25, -0.2) is 15.0 Å². The third kappa shape index (κ3) is 7.87. The number of nitriles is 4. The first-order valence-electron chi connectivity index (χ1n) is 20.8. The smallest absolute Gasteiger partial charge is 0.308 e. The highest BCUT2D eigenvalue weighted by Crippen LogP contribution is 2.42. The molecule has 0 aliphatic rings. The fourth-order valence-electron chi connectivity index (χ4n) is 8.35. The van der Waals surface area contributed by atoms with Gasteiger partial charge in [-0.3, -0.25) is 0 Å². The quantitative estimate of drug-likeness (QED) is 0.155. The van der Waals surface area contributed by atoms with Crippen molar-refractivity contribution < 1.29 is 13.2 Å². The van der Waals surface area contributed by atoms with Crippen LogP contribution in [0.3, 0.4) is 0 Å². The summed E-state index contributed by atoms with van der Waals surface area (Å²) in [5.41, 5.74) is 8.74. The van der Waals surface area contributed by atoms with E-state index in [0.29, 0.717) is 73.2 Å². The summed E-state index contributed by atoms with van der Waals surface area (Å²) in [5.74, 6) is 1.22. The van der Waals surface area contributed by atoms with Crippen LogP contribution >= 0.6 is 0 Å². The lowest BCUT2D eigenvalue weighted by atomic mass is 9.97. The monoisotopic (exact) mass is 870 g/mol. The molecule has 10 rings (SSSR count). The van der Waals surface area contributed by atoms with E-state index in [9.17, 15) is 34.2 Å². The van der Waals surface area contributed by atoms with Crippen molar-refractivity contribution in [3.63, 3.8) is 0 Å². The van der Waals surface area contributed by atoms with Gasteiger partial charge in [0, 0.05) is 27.5 Å². The molecule has 0 N–H and O–H groups in total. The fourth-order valence-corrected chi connectivity index (χ4v) is 8.35. The van der Waals surface area contributed by atoms with Gasteiger partial charge in [0.2, 0.25) is 0 Å². The molecule has 8 aromatic carbocycles. The molecule has 2 heterocycles. The Morgan fingerprint density at radius 1 is 0.373 bits per heavy atom. The summed E-state index contributed by atoms with van der Waals surface area (Å²) >= 11 is 0. The van der Waals surface area contributed by atoms with Crippen molar-refractivity contribution in [1.29, 1.82) is 21.0 Å². The molecule has 8 nitrogen and oxygen atoms in total. The Labute approximate surface area is 381 Å². The second-order valence-corrected chi connectivity index (χ2v) is 15.7. The minimum absolute atomic E-state index is 0.330. The number of fused-ring (bicyclic) bond motifs is 3. The predicted molar refractivity (Wildman–Crippen MR) is 251 cm³/mol. The van der Waals surface area contributed by atoms with E-state index in [-0.39, 0.29) is 0 Å². The van der Waals surface area contributed by atoms with E-state index >= 15 is 0 Å². The van der Waals surface area contributed by atoms with E-state index in [2.05, 4.69) is 28.8 Å². The summed E-state index contributed by atoms with van der Waals surface area (Å²) in [7, 11) is 0. The normalized spacial score (nSPS) is 11.1. The summed E-state index contributed by atoms with van der Waals surface area (Å²) in [6.07, 6.45) is -4.52. The van der Waals surface area contributed by atoms with E-state index in [1.807, 2.05) is 115 Å². The Morgan fingerprint density at radius 3 is 1.21 bits per heavy atom. The van der Waals surface area contributed by atoms with E-state index in [4.69, 9.17) is 15.0 Å². The zero-order valence-corrected chi connectivity index (χ0v) is 35.0. The van der Waals surface area contributed by atoms with Crippen molar-refractivity contribution in [3.8, 4) is 97.5 Å². The lowest BCUT2D eigenvalue weighted by Crippen LogP contribution is -2.05. The third-order valence-corrected chi connectivity index (χ3v) is 11.5. The van der Waals surface area contributed by atoms with Crippen molar-refractivity contribution in [1.82, 2.24) is 19.5 Å². The van der Waals surface area contributed by atoms with E-state index in [1.165, 1.54) is 24.3 Å². The maximum absolute atomic E-state index is 13.8. The Kier molecular flexibility index (Phi) is 10.4. The summed E-state index contributed by atoms with van der Waals surface area (Å²) in [4.78, 5) is 15.1. The second kappa shape index (κ2) is 16.8. The summed E-state index contributed by atoms with van der Waals surface area (Å²) in [6.45, 7) is 0. The largest absolute Gasteiger partial charge is 0.416 e. The van der Waals surface area contributed by atoms with Gasteiger partial charge in [0.15, 0.2) is 17.5 Å². The third-order valence-electron chi connectivity index (χ3n) is 11.5. The number of hydrogen-bond donors (Lipinski definition) is 0. The molecule has 0 radical (unpaired) electrons. The summed E-state index contributed by atoms with van der Waals surface area (Å²) in [5, 5.41) is 41.0. The maximum Gasteiger partial charge on any atom is 0.416 e. The van der Waals surface area contributed by atoms with Gasteiger partial charge in [0.1, 0.15) is 0 Å². The van der Waals surface area contributed by atoms with Crippen molar-refractivity contribution in [2.75, 3.05) is 0 Å². The van der Waals surface area contributed by atoms with E-state index in [0.717, 1.165) is 56.2 Å². The van der Waals surface area contributed by atoms with Gasteiger partial charge in [0.05, 0.1) is 68.8 Å².